The molecule has 0 saturated heterocycles. The minimum Gasteiger partial charge on any atom is -0.477 e. The van der Waals surface area contributed by atoms with Gasteiger partial charge in [0.1, 0.15) is 5.56 Å². The van der Waals surface area contributed by atoms with Gasteiger partial charge in [-0.15, -0.1) is 11.8 Å². The van der Waals surface area contributed by atoms with E-state index in [9.17, 15) is 27.9 Å². The van der Waals surface area contributed by atoms with Crippen LogP contribution < -0.4 is 5.43 Å². The van der Waals surface area contributed by atoms with Gasteiger partial charge in [0.05, 0.1) is 11.3 Å². The van der Waals surface area contributed by atoms with Crippen LogP contribution in [-0.4, -0.2) is 20.6 Å². The van der Waals surface area contributed by atoms with E-state index in [0.717, 1.165) is 23.8 Å². The number of aryl methyl sites for hydroxylation is 1. The number of aromatic nitrogens is 2. The molecule has 0 radical (unpaired) electrons. The summed E-state index contributed by atoms with van der Waals surface area (Å²) < 4.78 is 41.6. The average molecular weight is 432 g/mol. The topological polar surface area (TPSA) is 72.2 Å². The third-order valence-electron chi connectivity index (χ3n) is 4.94. The summed E-state index contributed by atoms with van der Waals surface area (Å²) in [6, 6.07) is 8.09. The molecule has 1 aliphatic heterocycles. The molecule has 9 heteroatoms. The zero-order chi connectivity index (χ0) is 21.6. The first-order chi connectivity index (χ1) is 14.2. The van der Waals surface area contributed by atoms with E-state index in [0.29, 0.717) is 10.6 Å². The lowest BCUT2D eigenvalue weighted by molar-refractivity contribution is -0.137. The molecule has 1 aromatic carbocycles. The number of halogens is 3. The third kappa shape index (κ3) is 3.49. The molecule has 0 saturated carbocycles. The van der Waals surface area contributed by atoms with E-state index in [1.807, 2.05) is 6.07 Å². The molecule has 0 bridgehead atoms. The first kappa shape index (κ1) is 20.2. The molecule has 3 aromatic rings. The van der Waals surface area contributed by atoms with Crippen molar-refractivity contribution >= 4 is 17.7 Å². The monoisotopic (exact) mass is 432 g/mol. The van der Waals surface area contributed by atoms with E-state index in [-0.39, 0.29) is 23.1 Å². The molecule has 0 spiro atoms. The van der Waals surface area contributed by atoms with Crippen molar-refractivity contribution in [1.82, 2.24) is 9.55 Å². The lowest BCUT2D eigenvalue weighted by Crippen LogP contribution is -2.24. The highest BCUT2D eigenvalue weighted by molar-refractivity contribution is 7.99. The summed E-state index contributed by atoms with van der Waals surface area (Å²) in [5.74, 6) is -1.41. The maximum Gasteiger partial charge on any atom is 0.416 e. The number of aromatic carboxylic acids is 1. The van der Waals surface area contributed by atoms with Crippen molar-refractivity contribution in [2.45, 2.75) is 29.7 Å². The van der Waals surface area contributed by atoms with Crippen LogP contribution in [0.25, 0.3) is 5.69 Å². The van der Waals surface area contributed by atoms with E-state index < -0.39 is 28.7 Å². The van der Waals surface area contributed by atoms with Crippen LogP contribution in [0.2, 0.25) is 0 Å². The average Bonchev–Trinajstić information content (AvgIpc) is 2.84. The minimum atomic E-state index is -4.56. The van der Waals surface area contributed by atoms with Gasteiger partial charge in [0.25, 0.3) is 0 Å². The van der Waals surface area contributed by atoms with Crippen LogP contribution in [0.5, 0.6) is 0 Å². The van der Waals surface area contributed by atoms with Crippen LogP contribution in [-0.2, 0) is 12.6 Å². The molecule has 1 N–H and O–H groups in total. The Hall–Kier alpha value is -3.07. The molecule has 0 fully saturated rings. The largest absolute Gasteiger partial charge is 0.477 e. The molecular formula is C21H15F3N2O3S. The Balaban J connectivity index is 2.05. The van der Waals surface area contributed by atoms with Crippen LogP contribution in [0.3, 0.4) is 0 Å². The van der Waals surface area contributed by atoms with Crippen molar-refractivity contribution in [3.8, 4) is 5.69 Å². The van der Waals surface area contributed by atoms with Crippen LogP contribution >= 0.6 is 11.8 Å². The quantitative estimate of drug-likeness (QED) is 0.638. The summed E-state index contributed by atoms with van der Waals surface area (Å²) >= 11 is 1.32. The van der Waals surface area contributed by atoms with Gasteiger partial charge >= 0.3 is 12.1 Å². The van der Waals surface area contributed by atoms with Crippen molar-refractivity contribution in [2.24, 2.45) is 0 Å². The summed E-state index contributed by atoms with van der Waals surface area (Å²) in [6.07, 6.45) is -1.19. The van der Waals surface area contributed by atoms with Crippen molar-refractivity contribution in [1.29, 1.82) is 0 Å². The maximum absolute atomic E-state index is 13.4. The van der Waals surface area contributed by atoms with Gasteiger partial charge in [-0.25, -0.2) is 4.79 Å². The van der Waals surface area contributed by atoms with Gasteiger partial charge in [0.15, 0.2) is 5.43 Å². The fraction of sp³-hybridized carbons (Fsp3) is 0.190. The van der Waals surface area contributed by atoms with Crippen LogP contribution in [0.1, 0.15) is 38.1 Å². The Kier molecular flexibility index (Phi) is 4.93. The molecular weight excluding hydrogens is 417 g/mol. The summed E-state index contributed by atoms with van der Waals surface area (Å²) in [7, 11) is 0. The first-order valence-corrected chi connectivity index (χ1v) is 9.82. The highest BCUT2D eigenvalue weighted by Gasteiger charge is 2.34. The molecule has 3 heterocycles. The molecule has 0 aliphatic carbocycles. The van der Waals surface area contributed by atoms with E-state index >= 15 is 0 Å². The summed E-state index contributed by atoms with van der Waals surface area (Å²) in [5, 5.41) is 9.35. The van der Waals surface area contributed by atoms with E-state index in [2.05, 4.69) is 4.98 Å². The molecule has 2 aromatic heterocycles. The van der Waals surface area contributed by atoms with Gasteiger partial charge in [0.2, 0.25) is 0 Å². The number of carboxylic acid groups (broad SMARTS) is 1. The fourth-order valence-electron chi connectivity index (χ4n) is 3.64. The van der Waals surface area contributed by atoms with Gasteiger partial charge in [0, 0.05) is 46.4 Å². The number of benzene rings is 1. The van der Waals surface area contributed by atoms with Gasteiger partial charge in [-0.05, 0) is 36.8 Å². The zero-order valence-electron chi connectivity index (χ0n) is 15.6. The van der Waals surface area contributed by atoms with Crippen LogP contribution in [0.4, 0.5) is 13.2 Å². The van der Waals surface area contributed by atoms with E-state index in [1.54, 1.807) is 25.4 Å². The Morgan fingerprint density at radius 3 is 2.67 bits per heavy atom. The third-order valence-corrected chi connectivity index (χ3v) is 6.27. The second-order valence-electron chi connectivity index (χ2n) is 6.89. The zero-order valence-corrected chi connectivity index (χ0v) is 16.4. The highest BCUT2D eigenvalue weighted by Crippen LogP contribution is 2.45. The van der Waals surface area contributed by atoms with E-state index in [1.165, 1.54) is 22.4 Å². The Morgan fingerprint density at radius 1 is 1.27 bits per heavy atom. The number of rotatable bonds is 2. The van der Waals surface area contributed by atoms with Crippen LogP contribution in [0, 0.1) is 6.92 Å². The number of alkyl halides is 3. The number of hydrogen-bond donors (Lipinski definition) is 1. The number of thioether (sulfide) groups is 1. The Bertz CT molecular complexity index is 1210. The molecule has 30 heavy (non-hydrogen) atoms. The van der Waals surface area contributed by atoms with Crippen LogP contribution in [0.15, 0.2) is 58.5 Å². The molecule has 1 aliphatic rings. The van der Waals surface area contributed by atoms with E-state index in [4.69, 9.17) is 0 Å². The Morgan fingerprint density at radius 2 is 2.03 bits per heavy atom. The van der Waals surface area contributed by atoms with Crippen molar-refractivity contribution in [3.05, 3.63) is 87.1 Å². The molecule has 0 amide bonds. The summed E-state index contributed by atoms with van der Waals surface area (Å²) in [4.78, 5) is 29.0. The SMILES string of the molecule is Cc1cc(=O)c(C(=O)O)c2n1-c1cc(C(F)(F)F)ccc1SC(c1cccnc1)C2. The smallest absolute Gasteiger partial charge is 0.416 e. The highest BCUT2D eigenvalue weighted by atomic mass is 32.2. The predicted molar refractivity (Wildman–Crippen MR) is 105 cm³/mol. The predicted octanol–water partition coefficient (Wildman–Crippen LogP) is 4.65. The number of fused-ring (bicyclic) bond motifs is 3. The Labute approximate surface area is 173 Å². The lowest BCUT2D eigenvalue weighted by atomic mass is 10.0. The normalized spacial score (nSPS) is 15.8. The van der Waals surface area contributed by atoms with Gasteiger partial charge in [-0.1, -0.05) is 6.07 Å². The summed E-state index contributed by atoms with van der Waals surface area (Å²) in [6.45, 7) is 1.58. The molecule has 5 nitrogen and oxygen atoms in total. The second-order valence-corrected chi connectivity index (χ2v) is 8.13. The summed E-state index contributed by atoms with van der Waals surface area (Å²) in [5.41, 5.74) is -0.414. The lowest BCUT2D eigenvalue weighted by Gasteiger charge is -2.19. The maximum atomic E-state index is 13.4. The number of carboxylic acids is 1. The first-order valence-electron chi connectivity index (χ1n) is 8.94. The van der Waals surface area contributed by atoms with Crippen molar-refractivity contribution in [2.75, 3.05) is 0 Å². The molecule has 1 unspecified atom stereocenters. The van der Waals surface area contributed by atoms with Gasteiger partial charge < -0.3 is 9.67 Å². The number of hydrogen-bond acceptors (Lipinski definition) is 4. The number of carbonyl (C=O) groups is 1. The standard InChI is InChI=1S/C21H15F3N2O3S/c1-11-7-16(27)19(20(28)29)15-9-18(12-3-2-6-25-10-12)30-17-5-4-13(21(22,23)24)8-14(17)26(11)15/h2-8,10,18H,9H2,1H3,(H,28,29). The number of pyridine rings is 2. The molecule has 154 valence electrons. The second kappa shape index (κ2) is 7.32. The minimum absolute atomic E-state index is 0.144. The molecule has 1 atom stereocenters. The van der Waals surface area contributed by atoms with Crippen molar-refractivity contribution < 1.29 is 23.1 Å². The van der Waals surface area contributed by atoms with Gasteiger partial charge in [-0.2, -0.15) is 13.2 Å². The fourth-order valence-corrected chi connectivity index (χ4v) is 4.88. The molecule has 4 rings (SSSR count). The van der Waals surface area contributed by atoms with Gasteiger partial charge in [-0.3, -0.25) is 9.78 Å². The van der Waals surface area contributed by atoms with Crippen molar-refractivity contribution in [3.63, 3.8) is 0 Å². The number of nitrogens with zero attached hydrogens (tertiary/aromatic N) is 2.